The van der Waals surface area contributed by atoms with Crippen molar-refractivity contribution >= 4 is 11.9 Å². The maximum atomic E-state index is 11.5. The van der Waals surface area contributed by atoms with Gasteiger partial charge in [-0.1, -0.05) is 104 Å². The number of carboxylic acids is 2. The molecule has 0 bridgehead atoms. The Hall–Kier alpha value is -0.240. The van der Waals surface area contributed by atoms with Gasteiger partial charge < -0.3 is 29.3 Å². The molecule has 206 valence electrons. The number of hydrogen-bond acceptors (Lipinski definition) is 6. The van der Waals surface area contributed by atoms with Crippen LogP contribution >= 0.6 is 0 Å². The molecule has 0 spiro atoms. The second-order valence-electron chi connectivity index (χ2n) is 9.85. The van der Waals surface area contributed by atoms with Gasteiger partial charge in [-0.2, -0.15) is 0 Å². The fourth-order valence-corrected chi connectivity index (χ4v) is 4.30. The predicted molar refractivity (Wildman–Crippen MR) is 140 cm³/mol. The number of hydrogen-bond donors (Lipinski definition) is 0. The normalized spacial score (nSPS) is 12.1. The molecule has 0 amide bonds. The zero-order chi connectivity index (χ0) is 26.4. The third-order valence-corrected chi connectivity index (χ3v) is 6.55. The third kappa shape index (κ3) is 20.6. The van der Waals surface area contributed by atoms with Crippen LogP contribution in [0.4, 0.5) is 0 Å². The van der Waals surface area contributed by atoms with E-state index in [4.69, 9.17) is 9.47 Å². The first kappa shape index (κ1) is 39.9. The molecule has 6 nitrogen and oxygen atoms in total. The van der Waals surface area contributed by atoms with Gasteiger partial charge in [0.25, 0.3) is 0 Å². The van der Waals surface area contributed by atoms with Gasteiger partial charge in [0.1, 0.15) is 23.7 Å². The van der Waals surface area contributed by atoms with Crippen molar-refractivity contribution in [1.29, 1.82) is 0 Å². The molecule has 0 aliphatic rings. The van der Waals surface area contributed by atoms with E-state index >= 15 is 0 Å². The maximum Gasteiger partial charge on any atom is 1.00 e. The second kappa shape index (κ2) is 27.0. The van der Waals surface area contributed by atoms with Gasteiger partial charge in [-0.15, -0.1) is 0 Å². The fourth-order valence-electron chi connectivity index (χ4n) is 4.30. The van der Waals surface area contributed by atoms with Gasteiger partial charge in [0.15, 0.2) is 0 Å². The summed E-state index contributed by atoms with van der Waals surface area (Å²) in [6, 6.07) is 6.40. The number of ether oxygens (including phenoxy) is 2. The van der Waals surface area contributed by atoms with E-state index in [1.165, 1.54) is 64.2 Å². The van der Waals surface area contributed by atoms with Gasteiger partial charge in [0.05, 0.1) is 11.9 Å². The van der Waals surface area contributed by atoms with Crippen molar-refractivity contribution in [1.82, 2.24) is 0 Å². The number of rotatable bonds is 24. The van der Waals surface area contributed by atoms with Crippen LogP contribution in [-0.2, 0) is 9.59 Å². The van der Waals surface area contributed by atoms with E-state index in [-0.39, 0.29) is 59.1 Å². The Morgan fingerprint density at radius 3 is 1.08 bits per heavy atom. The number of carbonyl (C=O) groups excluding carboxylic acids is 2. The minimum absolute atomic E-state index is 0. The molecule has 2 atom stereocenters. The Bertz CT molecular complexity index is 639. The maximum absolute atomic E-state index is 11.5. The van der Waals surface area contributed by atoms with Crippen molar-refractivity contribution in [3.05, 3.63) is 24.3 Å². The first-order valence-corrected chi connectivity index (χ1v) is 14.3. The van der Waals surface area contributed by atoms with E-state index < -0.39 is 24.1 Å². The molecule has 1 aromatic carbocycles. The molecule has 0 heterocycles. The van der Waals surface area contributed by atoms with Crippen molar-refractivity contribution in [2.24, 2.45) is 0 Å². The largest absolute Gasteiger partial charge is 1.00 e. The van der Waals surface area contributed by atoms with Gasteiger partial charge in [-0.05, 0) is 49.9 Å². The number of aliphatic carboxylic acids is 2. The molecule has 0 aliphatic heterocycles. The van der Waals surface area contributed by atoms with Crippen molar-refractivity contribution < 1.29 is 88.4 Å². The Balaban J connectivity index is 0. The average molecular weight is 551 g/mol. The van der Waals surface area contributed by atoms with Gasteiger partial charge in [0.2, 0.25) is 0 Å². The zero-order valence-electron chi connectivity index (χ0n) is 24.6. The molecule has 0 N–H and O–H groups in total. The topological polar surface area (TPSA) is 98.7 Å². The van der Waals surface area contributed by atoms with Crippen molar-refractivity contribution in [3.63, 3.8) is 0 Å². The van der Waals surface area contributed by atoms with Crippen LogP contribution in [0.1, 0.15) is 129 Å². The van der Waals surface area contributed by atoms with Crippen LogP contribution in [0.2, 0.25) is 0 Å². The van der Waals surface area contributed by atoms with Crippen LogP contribution in [0.5, 0.6) is 11.5 Å². The smallest absolute Gasteiger partial charge is 0.546 e. The van der Waals surface area contributed by atoms with E-state index in [0.717, 1.165) is 38.5 Å². The van der Waals surface area contributed by atoms with E-state index in [2.05, 4.69) is 13.8 Å². The minimum Gasteiger partial charge on any atom is -0.546 e. The Morgan fingerprint density at radius 1 is 0.553 bits per heavy atom. The van der Waals surface area contributed by atoms with Crippen LogP contribution < -0.4 is 78.8 Å². The predicted octanol–water partition coefficient (Wildman–Crippen LogP) is -0.249. The summed E-state index contributed by atoms with van der Waals surface area (Å²) < 4.78 is 11.2. The number of carboxylic acid groups (broad SMARTS) is 2. The van der Waals surface area contributed by atoms with Crippen LogP contribution in [0.15, 0.2) is 24.3 Å². The molecule has 0 saturated carbocycles. The first-order valence-electron chi connectivity index (χ1n) is 14.3. The van der Waals surface area contributed by atoms with Gasteiger partial charge in [-0.3, -0.25) is 0 Å². The van der Waals surface area contributed by atoms with Crippen LogP contribution in [0, 0.1) is 0 Å². The molecule has 8 heteroatoms. The molecule has 0 saturated heterocycles. The number of benzene rings is 1. The standard InChI is InChI=1S/C30H50O6.2Na/c1-3-5-7-9-11-13-15-17-19-27(29(31)32)35-25-21-23-26(24-22-25)36-28(30(33)34)20-18-16-14-12-10-8-6-4-2;;/h21-24,27-28H,3-20H2,1-2H3,(H,31,32)(H,33,34);;/q;2*+1/p-2. The second-order valence-corrected chi connectivity index (χ2v) is 9.85. The minimum atomic E-state index is -1.22. The molecule has 38 heavy (non-hydrogen) atoms. The summed E-state index contributed by atoms with van der Waals surface area (Å²) in [5.41, 5.74) is 0. The molecule has 1 rings (SSSR count). The summed E-state index contributed by atoms with van der Waals surface area (Å²) in [6.45, 7) is 4.40. The monoisotopic (exact) mass is 550 g/mol. The average Bonchev–Trinajstić information content (AvgIpc) is 2.86. The fraction of sp³-hybridized carbons (Fsp3) is 0.733. The van der Waals surface area contributed by atoms with Gasteiger partial charge in [-0.25, -0.2) is 0 Å². The van der Waals surface area contributed by atoms with Gasteiger partial charge >= 0.3 is 59.1 Å². The first-order chi connectivity index (χ1) is 17.5. The molecular weight excluding hydrogens is 502 g/mol. The van der Waals surface area contributed by atoms with E-state index in [0.29, 0.717) is 24.3 Å². The summed E-state index contributed by atoms with van der Waals surface area (Å²) in [4.78, 5) is 23.0. The summed E-state index contributed by atoms with van der Waals surface area (Å²) in [6.07, 6.45) is 16.9. The van der Waals surface area contributed by atoms with Gasteiger partial charge in [0, 0.05) is 0 Å². The van der Waals surface area contributed by atoms with E-state index in [9.17, 15) is 19.8 Å². The molecule has 0 radical (unpaired) electrons. The molecular formula is C30H48Na2O6. The molecule has 0 fully saturated rings. The SMILES string of the molecule is CCCCCCCCCCC(Oc1ccc(OC(CCCCCCCCCC)C(=O)[O-])cc1)C(=O)[O-].[Na+].[Na+]. The van der Waals surface area contributed by atoms with E-state index in [1.54, 1.807) is 24.3 Å². The number of carbonyl (C=O) groups is 2. The Kier molecular flexibility index (Phi) is 28.3. The zero-order valence-corrected chi connectivity index (χ0v) is 28.6. The molecule has 2 unspecified atom stereocenters. The van der Waals surface area contributed by atoms with Crippen molar-refractivity contribution in [3.8, 4) is 11.5 Å². The summed E-state index contributed by atoms with van der Waals surface area (Å²) >= 11 is 0. The van der Waals surface area contributed by atoms with E-state index in [1.807, 2.05) is 0 Å². The van der Waals surface area contributed by atoms with Crippen LogP contribution in [0.25, 0.3) is 0 Å². The molecule has 0 aliphatic carbocycles. The van der Waals surface area contributed by atoms with Crippen molar-refractivity contribution in [2.75, 3.05) is 0 Å². The Labute approximate surface area is 275 Å². The molecule has 0 aromatic heterocycles. The quantitative estimate of drug-likeness (QED) is 0.130. The molecule has 1 aromatic rings. The Morgan fingerprint density at radius 2 is 0.816 bits per heavy atom. The van der Waals surface area contributed by atoms with Crippen LogP contribution in [0.3, 0.4) is 0 Å². The summed E-state index contributed by atoms with van der Waals surface area (Å²) in [7, 11) is 0. The van der Waals surface area contributed by atoms with Crippen LogP contribution in [-0.4, -0.2) is 24.1 Å². The number of unbranched alkanes of at least 4 members (excludes halogenated alkanes) is 14. The van der Waals surface area contributed by atoms with Crippen molar-refractivity contribution in [2.45, 2.75) is 142 Å². The summed E-state index contributed by atoms with van der Waals surface area (Å²) in [5.74, 6) is -1.66. The third-order valence-electron chi connectivity index (χ3n) is 6.55. The summed E-state index contributed by atoms with van der Waals surface area (Å²) in [5, 5.41) is 23.0.